The van der Waals surface area contributed by atoms with Crippen molar-refractivity contribution in [3.63, 3.8) is 0 Å². The normalized spacial score (nSPS) is 11.3. The molecule has 0 radical (unpaired) electrons. The van der Waals surface area contributed by atoms with E-state index in [0.717, 1.165) is 11.1 Å². The second-order valence-electron chi connectivity index (χ2n) is 4.01. The summed E-state index contributed by atoms with van der Waals surface area (Å²) in [6.45, 7) is 0.521. The van der Waals surface area contributed by atoms with Crippen LogP contribution in [0.15, 0.2) is 17.5 Å². The van der Waals surface area contributed by atoms with E-state index in [1.807, 2.05) is 5.38 Å². The monoisotopic (exact) mass is 280 g/mol. The summed E-state index contributed by atoms with van der Waals surface area (Å²) in [5.41, 5.74) is 6.51. The molecular formula is C12H10F2N4S. The summed E-state index contributed by atoms with van der Waals surface area (Å²) in [6, 6.07) is 2.53. The molecule has 0 aliphatic heterocycles. The minimum absolute atomic E-state index is 0.0108. The number of H-pyrrole nitrogens is 1. The third-order valence-corrected chi connectivity index (χ3v) is 3.61. The highest BCUT2D eigenvalue weighted by molar-refractivity contribution is 7.09. The highest BCUT2D eigenvalue weighted by Gasteiger charge is 2.14. The van der Waals surface area contributed by atoms with Crippen molar-refractivity contribution in [3.8, 4) is 11.5 Å². The number of rotatable bonds is 3. The van der Waals surface area contributed by atoms with Crippen LogP contribution in [0.3, 0.4) is 0 Å². The number of fused-ring (bicyclic) bond motifs is 1. The maximum Gasteiger partial charge on any atom is 0.186 e. The molecule has 98 valence electrons. The molecular weight excluding hydrogens is 270 g/mol. The molecule has 19 heavy (non-hydrogen) atoms. The van der Waals surface area contributed by atoms with Gasteiger partial charge in [-0.25, -0.2) is 18.7 Å². The van der Waals surface area contributed by atoms with E-state index in [4.69, 9.17) is 5.73 Å². The Kier molecular flexibility index (Phi) is 3.00. The standard InChI is InChI=1S/C12H10F2N4S/c13-6-1-2-7-11(10(6)14)18-12(17-7)8-5-19-9(16-8)3-4-15/h1-2,5H,3-4,15H2,(H,17,18). The first-order valence-electron chi connectivity index (χ1n) is 5.67. The number of aromatic nitrogens is 3. The summed E-state index contributed by atoms with van der Waals surface area (Å²) in [4.78, 5) is 11.3. The summed E-state index contributed by atoms with van der Waals surface area (Å²) in [5.74, 6) is -1.43. The maximum absolute atomic E-state index is 13.6. The Labute approximate surface area is 111 Å². The Bertz CT molecular complexity index is 734. The minimum Gasteiger partial charge on any atom is -0.337 e. The van der Waals surface area contributed by atoms with E-state index in [-0.39, 0.29) is 5.52 Å². The van der Waals surface area contributed by atoms with Crippen molar-refractivity contribution in [2.24, 2.45) is 5.73 Å². The summed E-state index contributed by atoms with van der Waals surface area (Å²) in [6.07, 6.45) is 0.688. The lowest BCUT2D eigenvalue weighted by Crippen LogP contribution is -2.02. The van der Waals surface area contributed by atoms with E-state index >= 15 is 0 Å². The van der Waals surface area contributed by atoms with E-state index in [0.29, 0.717) is 30.0 Å². The molecule has 0 amide bonds. The second-order valence-corrected chi connectivity index (χ2v) is 4.95. The second kappa shape index (κ2) is 4.67. The third-order valence-electron chi connectivity index (χ3n) is 2.70. The van der Waals surface area contributed by atoms with Gasteiger partial charge >= 0.3 is 0 Å². The van der Waals surface area contributed by atoms with E-state index < -0.39 is 11.6 Å². The number of nitrogens with one attached hydrogen (secondary N) is 1. The molecule has 0 saturated heterocycles. The van der Waals surface area contributed by atoms with Crippen molar-refractivity contribution in [2.75, 3.05) is 6.54 Å². The first-order valence-corrected chi connectivity index (χ1v) is 6.55. The van der Waals surface area contributed by atoms with Gasteiger partial charge in [-0.2, -0.15) is 0 Å². The van der Waals surface area contributed by atoms with Gasteiger partial charge in [-0.15, -0.1) is 11.3 Å². The first-order chi connectivity index (χ1) is 9.19. The molecule has 3 N–H and O–H groups in total. The molecule has 0 aliphatic rings. The minimum atomic E-state index is -0.947. The van der Waals surface area contributed by atoms with Crippen molar-refractivity contribution < 1.29 is 8.78 Å². The number of benzene rings is 1. The van der Waals surface area contributed by atoms with Crippen LogP contribution in [-0.2, 0) is 6.42 Å². The Morgan fingerprint density at radius 3 is 2.89 bits per heavy atom. The predicted molar refractivity (Wildman–Crippen MR) is 69.9 cm³/mol. The molecule has 0 bridgehead atoms. The molecule has 0 atom stereocenters. The van der Waals surface area contributed by atoms with Crippen LogP contribution in [0.4, 0.5) is 8.78 Å². The van der Waals surface area contributed by atoms with Gasteiger partial charge < -0.3 is 10.7 Å². The molecule has 0 unspecified atom stereocenters. The van der Waals surface area contributed by atoms with Gasteiger partial charge in [0.05, 0.1) is 10.5 Å². The molecule has 3 rings (SSSR count). The van der Waals surface area contributed by atoms with Crippen molar-refractivity contribution in [1.82, 2.24) is 15.0 Å². The van der Waals surface area contributed by atoms with Gasteiger partial charge in [0.15, 0.2) is 17.5 Å². The van der Waals surface area contributed by atoms with Crippen LogP contribution in [0.25, 0.3) is 22.6 Å². The summed E-state index contributed by atoms with van der Waals surface area (Å²) in [5, 5.41) is 2.71. The van der Waals surface area contributed by atoms with Crippen LogP contribution in [0.5, 0.6) is 0 Å². The van der Waals surface area contributed by atoms with Crippen LogP contribution in [0, 0.1) is 11.6 Å². The van der Waals surface area contributed by atoms with E-state index in [9.17, 15) is 8.78 Å². The SMILES string of the molecule is NCCc1nc(-c2nc3c(F)c(F)ccc3[nH]2)cs1. The topological polar surface area (TPSA) is 67.6 Å². The van der Waals surface area contributed by atoms with Gasteiger partial charge in [0, 0.05) is 11.8 Å². The largest absolute Gasteiger partial charge is 0.337 e. The molecule has 7 heteroatoms. The zero-order valence-corrected chi connectivity index (χ0v) is 10.6. The zero-order chi connectivity index (χ0) is 13.4. The van der Waals surface area contributed by atoms with Crippen molar-refractivity contribution in [2.45, 2.75) is 6.42 Å². The van der Waals surface area contributed by atoms with Crippen LogP contribution in [0.2, 0.25) is 0 Å². The van der Waals surface area contributed by atoms with Gasteiger partial charge in [0.1, 0.15) is 11.2 Å². The number of imidazole rings is 1. The fourth-order valence-electron chi connectivity index (χ4n) is 1.80. The molecule has 0 aliphatic carbocycles. The highest BCUT2D eigenvalue weighted by atomic mass is 32.1. The fraction of sp³-hybridized carbons (Fsp3) is 0.167. The number of hydrogen-bond donors (Lipinski definition) is 2. The molecule has 0 fully saturated rings. The Morgan fingerprint density at radius 2 is 2.11 bits per heavy atom. The lowest BCUT2D eigenvalue weighted by atomic mass is 10.3. The van der Waals surface area contributed by atoms with E-state index in [1.54, 1.807) is 0 Å². The molecule has 0 spiro atoms. The lowest BCUT2D eigenvalue weighted by molar-refractivity contribution is 0.515. The van der Waals surface area contributed by atoms with Crippen LogP contribution in [-0.4, -0.2) is 21.5 Å². The Morgan fingerprint density at radius 1 is 1.26 bits per heavy atom. The summed E-state index contributed by atoms with van der Waals surface area (Å²) in [7, 11) is 0. The number of nitrogens with zero attached hydrogens (tertiary/aromatic N) is 2. The van der Waals surface area contributed by atoms with Gasteiger partial charge in [-0.1, -0.05) is 0 Å². The third kappa shape index (κ3) is 2.11. The van der Waals surface area contributed by atoms with Crippen LogP contribution >= 0.6 is 11.3 Å². The maximum atomic E-state index is 13.6. The Hall–Kier alpha value is -1.86. The Balaban J connectivity index is 2.07. The molecule has 1 aromatic carbocycles. The van der Waals surface area contributed by atoms with E-state index in [1.165, 1.54) is 17.4 Å². The molecule has 2 heterocycles. The zero-order valence-electron chi connectivity index (χ0n) is 9.78. The van der Waals surface area contributed by atoms with Crippen molar-refractivity contribution >= 4 is 22.4 Å². The highest BCUT2D eigenvalue weighted by Crippen LogP contribution is 2.24. The van der Waals surface area contributed by atoms with Gasteiger partial charge in [0.25, 0.3) is 0 Å². The number of nitrogens with two attached hydrogens (primary N) is 1. The molecule has 2 aromatic heterocycles. The van der Waals surface area contributed by atoms with Gasteiger partial charge in [0.2, 0.25) is 0 Å². The average molecular weight is 280 g/mol. The number of aromatic amines is 1. The van der Waals surface area contributed by atoms with Crippen LogP contribution in [0.1, 0.15) is 5.01 Å². The first kappa shape index (κ1) is 12.2. The molecule has 3 aromatic rings. The lowest BCUT2D eigenvalue weighted by Gasteiger charge is -1.91. The quantitative estimate of drug-likeness (QED) is 0.774. The van der Waals surface area contributed by atoms with Crippen molar-refractivity contribution in [1.29, 1.82) is 0 Å². The molecule has 0 saturated carbocycles. The smallest absolute Gasteiger partial charge is 0.186 e. The van der Waals surface area contributed by atoms with Crippen molar-refractivity contribution in [3.05, 3.63) is 34.2 Å². The fourth-order valence-corrected chi connectivity index (χ4v) is 2.60. The number of thiazole rings is 1. The summed E-state index contributed by atoms with van der Waals surface area (Å²) >= 11 is 1.47. The average Bonchev–Trinajstić information content (AvgIpc) is 3.01. The predicted octanol–water partition coefficient (Wildman–Crippen LogP) is 2.47. The van der Waals surface area contributed by atoms with Gasteiger partial charge in [-0.3, -0.25) is 0 Å². The van der Waals surface area contributed by atoms with Gasteiger partial charge in [-0.05, 0) is 18.7 Å². The summed E-state index contributed by atoms with van der Waals surface area (Å²) < 4.78 is 26.7. The van der Waals surface area contributed by atoms with E-state index in [2.05, 4.69) is 15.0 Å². The van der Waals surface area contributed by atoms with Crippen LogP contribution < -0.4 is 5.73 Å². The number of hydrogen-bond acceptors (Lipinski definition) is 4. The molecule has 4 nitrogen and oxygen atoms in total. The number of halogens is 2.